The summed E-state index contributed by atoms with van der Waals surface area (Å²) in [6.45, 7) is 7.94. The second-order valence-electron chi connectivity index (χ2n) is 3.46. The molecule has 0 fully saturated rings. The lowest BCUT2D eigenvalue weighted by Gasteiger charge is -2.14. The second kappa shape index (κ2) is 2.77. The number of carbonyl (C=O) groups is 1. The van der Waals surface area contributed by atoms with Gasteiger partial charge in [0.05, 0.1) is 0 Å². The van der Waals surface area contributed by atoms with E-state index in [0.29, 0.717) is 0 Å². The van der Waals surface area contributed by atoms with Crippen LogP contribution in [0.15, 0.2) is 22.4 Å². The maximum Gasteiger partial charge on any atom is 0.253 e. The molecule has 0 radical (unpaired) electrons. The van der Waals surface area contributed by atoms with Crippen molar-refractivity contribution in [2.24, 2.45) is 0 Å². The smallest absolute Gasteiger partial charge is 0.253 e. The number of rotatable bonds is 0. The zero-order valence-electron chi connectivity index (χ0n) is 8.36. The molecular weight excluding hydrogens is 150 g/mol. The third-order valence-corrected chi connectivity index (χ3v) is 2.35. The van der Waals surface area contributed by atoms with E-state index in [0.717, 1.165) is 16.8 Å². The first kappa shape index (κ1) is 9.04. The Morgan fingerprint density at radius 1 is 1.17 bits per heavy atom. The van der Waals surface area contributed by atoms with Gasteiger partial charge in [-0.05, 0) is 33.3 Å². The Bertz CT molecular complexity index is 293. The molecule has 2 nitrogen and oxygen atoms in total. The first-order valence-corrected chi connectivity index (χ1v) is 4.10. The van der Waals surface area contributed by atoms with Crippen molar-refractivity contribution in [2.45, 2.75) is 27.7 Å². The molecule has 0 aliphatic carbocycles. The zero-order chi connectivity index (χ0) is 9.46. The summed E-state index contributed by atoms with van der Waals surface area (Å²) in [6.07, 6.45) is 0. The number of carbonyl (C=O) groups excluding carboxylic acids is 1. The largest absolute Gasteiger partial charge is 0.312 e. The minimum atomic E-state index is 0.128. The van der Waals surface area contributed by atoms with E-state index in [-0.39, 0.29) is 5.91 Å². The summed E-state index contributed by atoms with van der Waals surface area (Å²) in [6, 6.07) is 0. The summed E-state index contributed by atoms with van der Waals surface area (Å²) in [5, 5.41) is 0. The quantitative estimate of drug-likeness (QED) is 0.538. The van der Waals surface area contributed by atoms with Crippen LogP contribution in [0, 0.1) is 0 Å². The van der Waals surface area contributed by atoms with Gasteiger partial charge in [0.2, 0.25) is 0 Å². The van der Waals surface area contributed by atoms with Crippen LogP contribution in [0.4, 0.5) is 0 Å². The van der Waals surface area contributed by atoms with Crippen molar-refractivity contribution in [1.82, 2.24) is 4.90 Å². The Balaban J connectivity index is 3.27. The number of amides is 1. The molecule has 0 aromatic heterocycles. The second-order valence-corrected chi connectivity index (χ2v) is 3.46. The number of hydrogen-bond acceptors (Lipinski definition) is 1. The van der Waals surface area contributed by atoms with Gasteiger partial charge in [-0.25, -0.2) is 0 Å². The molecule has 0 atom stereocenters. The highest BCUT2D eigenvalue weighted by atomic mass is 16.2. The lowest BCUT2D eigenvalue weighted by atomic mass is 10.1. The van der Waals surface area contributed by atoms with Crippen LogP contribution in [0.3, 0.4) is 0 Å². The topological polar surface area (TPSA) is 20.3 Å². The van der Waals surface area contributed by atoms with Crippen LogP contribution in [0.25, 0.3) is 0 Å². The van der Waals surface area contributed by atoms with E-state index in [1.165, 1.54) is 5.57 Å². The molecule has 1 aliphatic rings. The third-order valence-electron chi connectivity index (χ3n) is 2.35. The number of hydrogen-bond donors (Lipinski definition) is 0. The molecule has 66 valence electrons. The first-order valence-electron chi connectivity index (χ1n) is 4.10. The third kappa shape index (κ3) is 1.07. The molecule has 0 bridgehead atoms. The summed E-state index contributed by atoms with van der Waals surface area (Å²) < 4.78 is 0. The first-order chi connectivity index (χ1) is 5.46. The maximum absolute atomic E-state index is 11.5. The molecule has 0 aromatic rings. The summed E-state index contributed by atoms with van der Waals surface area (Å²) >= 11 is 0. The van der Waals surface area contributed by atoms with Gasteiger partial charge in [-0.3, -0.25) is 4.79 Å². The van der Waals surface area contributed by atoms with Crippen LogP contribution in [0.2, 0.25) is 0 Å². The van der Waals surface area contributed by atoms with Gasteiger partial charge in [-0.2, -0.15) is 0 Å². The van der Waals surface area contributed by atoms with E-state index in [9.17, 15) is 4.79 Å². The highest BCUT2D eigenvalue weighted by molar-refractivity contribution is 5.99. The Morgan fingerprint density at radius 3 is 1.83 bits per heavy atom. The van der Waals surface area contributed by atoms with Crippen LogP contribution >= 0.6 is 0 Å². The van der Waals surface area contributed by atoms with Crippen LogP contribution < -0.4 is 0 Å². The van der Waals surface area contributed by atoms with Gasteiger partial charge in [0.1, 0.15) is 0 Å². The van der Waals surface area contributed by atoms with Crippen molar-refractivity contribution in [2.75, 3.05) is 7.05 Å². The van der Waals surface area contributed by atoms with Crippen molar-refractivity contribution in [3.8, 4) is 0 Å². The fourth-order valence-electron chi connectivity index (χ4n) is 1.65. The fourth-order valence-corrected chi connectivity index (χ4v) is 1.65. The highest BCUT2D eigenvalue weighted by Gasteiger charge is 2.27. The van der Waals surface area contributed by atoms with Gasteiger partial charge in [0.25, 0.3) is 5.91 Å². The van der Waals surface area contributed by atoms with Gasteiger partial charge in [0.15, 0.2) is 0 Å². The van der Waals surface area contributed by atoms with Gasteiger partial charge >= 0.3 is 0 Å². The molecule has 1 rings (SSSR count). The molecule has 1 aliphatic heterocycles. The Labute approximate surface area is 73.6 Å². The normalized spacial score (nSPS) is 17.9. The molecular formula is C10H15NO. The maximum atomic E-state index is 11.5. The summed E-state index contributed by atoms with van der Waals surface area (Å²) in [7, 11) is 1.82. The lowest BCUT2D eigenvalue weighted by molar-refractivity contribution is -0.123. The van der Waals surface area contributed by atoms with Gasteiger partial charge in [-0.15, -0.1) is 0 Å². The molecule has 0 saturated carbocycles. The molecule has 0 unspecified atom stereocenters. The van der Waals surface area contributed by atoms with E-state index in [4.69, 9.17) is 0 Å². The Kier molecular flexibility index (Phi) is 2.09. The van der Waals surface area contributed by atoms with Crippen molar-refractivity contribution >= 4 is 5.91 Å². The van der Waals surface area contributed by atoms with Gasteiger partial charge < -0.3 is 4.90 Å². The standard InChI is InChI=1S/C10H15NO/c1-6(2)9-7(3)8(4)10(12)11(9)5/h1-5H3. The summed E-state index contributed by atoms with van der Waals surface area (Å²) in [5.74, 6) is 0.128. The van der Waals surface area contributed by atoms with E-state index < -0.39 is 0 Å². The van der Waals surface area contributed by atoms with Gasteiger partial charge in [0, 0.05) is 18.3 Å². The van der Waals surface area contributed by atoms with Gasteiger partial charge in [-0.1, -0.05) is 5.57 Å². The van der Waals surface area contributed by atoms with Crippen molar-refractivity contribution < 1.29 is 4.79 Å². The van der Waals surface area contributed by atoms with Crippen LogP contribution in [-0.2, 0) is 4.79 Å². The molecule has 1 heterocycles. The average molecular weight is 165 g/mol. The van der Waals surface area contributed by atoms with Crippen molar-refractivity contribution in [3.63, 3.8) is 0 Å². The zero-order valence-corrected chi connectivity index (χ0v) is 8.36. The van der Waals surface area contributed by atoms with Crippen molar-refractivity contribution in [1.29, 1.82) is 0 Å². The molecule has 0 N–H and O–H groups in total. The van der Waals surface area contributed by atoms with E-state index in [1.807, 2.05) is 34.7 Å². The molecule has 2 heteroatoms. The Morgan fingerprint density at radius 2 is 1.67 bits per heavy atom. The average Bonchev–Trinajstić information content (AvgIpc) is 2.16. The molecule has 0 saturated heterocycles. The van der Waals surface area contributed by atoms with E-state index in [2.05, 4.69) is 0 Å². The molecule has 12 heavy (non-hydrogen) atoms. The van der Waals surface area contributed by atoms with Crippen LogP contribution in [-0.4, -0.2) is 17.9 Å². The predicted molar refractivity (Wildman–Crippen MR) is 49.5 cm³/mol. The predicted octanol–water partition coefficient (Wildman–Crippen LogP) is 2.09. The number of allylic oxidation sites excluding steroid dienone is 2. The SMILES string of the molecule is CC(C)=C1C(C)=C(C)C(=O)N1C. The fraction of sp³-hybridized carbons (Fsp3) is 0.500. The van der Waals surface area contributed by atoms with Crippen molar-refractivity contribution in [3.05, 3.63) is 22.4 Å². The lowest BCUT2D eigenvalue weighted by Crippen LogP contribution is -2.20. The summed E-state index contributed by atoms with van der Waals surface area (Å²) in [5.41, 5.74) is 4.26. The van der Waals surface area contributed by atoms with E-state index in [1.54, 1.807) is 4.90 Å². The summed E-state index contributed by atoms with van der Waals surface area (Å²) in [4.78, 5) is 13.2. The number of likely N-dealkylation sites (N-methyl/N-ethyl adjacent to an activating group) is 1. The molecule has 0 aromatic carbocycles. The Hall–Kier alpha value is -1.05. The minimum absolute atomic E-state index is 0.128. The van der Waals surface area contributed by atoms with Crippen LogP contribution in [0.1, 0.15) is 27.7 Å². The molecule has 1 amide bonds. The molecule has 0 spiro atoms. The highest BCUT2D eigenvalue weighted by Crippen LogP contribution is 2.29. The minimum Gasteiger partial charge on any atom is -0.312 e. The van der Waals surface area contributed by atoms with Crippen LogP contribution in [0.5, 0.6) is 0 Å². The monoisotopic (exact) mass is 165 g/mol. The van der Waals surface area contributed by atoms with E-state index >= 15 is 0 Å². The number of nitrogens with zero attached hydrogens (tertiary/aromatic N) is 1.